The Morgan fingerprint density at radius 1 is 1.10 bits per heavy atom. The number of aromatic nitrogens is 2. The Kier molecular flexibility index (Phi) is 6.18. The topological polar surface area (TPSA) is 87.4 Å². The lowest BCUT2D eigenvalue weighted by molar-refractivity contribution is 0.0951. The second-order valence-electron chi connectivity index (χ2n) is 7.20. The van der Waals surface area contributed by atoms with Crippen molar-refractivity contribution in [2.45, 2.75) is 6.54 Å². The van der Waals surface area contributed by atoms with Crippen LogP contribution in [0.25, 0.3) is 0 Å². The Morgan fingerprint density at radius 3 is 2.55 bits per heavy atom. The van der Waals surface area contributed by atoms with Gasteiger partial charge in [0, 0.05) is 55.2 Å². The number of nitrogen functional groups attached to an aromatic ring is 1. The number of piperazine rings is 1. The second kappa shape index (κ2) is 9.18. The van der Waals surface area contributed by atoms with Gasteiger partial charge in [-0.1, -0.05) is 35.9 Å². The highest BCUT2D eigenvalue weighted by Crippen LogP contribution is 2.22. The number of hydrogen-bond donors (Lipinski definition) is 2. The summed E-state index contributed by atoms with van der Waals surface area (Å²) in [5, 5.41) is 3.36. The van der Waals surface area contributed by atoms with Gasteiger partial charge in [0.25, 0.3) is 5.91 Å². The number of amides is 1. The normalized spacial score (nSPS) is 13.9. The van der Waals surface area contributed by atoms with Crippen LogP contribution in [0.3, 0.4) is 0 Å². The molecule has 0 bridgehead atoms. The molecule has 31 heavy (non-hydrogen) atoms. The van der Waals surface area contributed by atoms with Crippen LogP contribution in [0.2, 0.25) is 5.02 Å². The van der Waals surface area contributed by atoms with Gasteiger partial charge in [-0.25, -0.2) is 9.37 Å². The van der Waals surface area contributed by atoms with Crippen molar-refractivity contribution in [1.82, 2.24) is 15.3 Å². The number of halogens is 2. The molecule has 0 radical (unpaired) electrons. The molecular formula is C22H22ClFN6O. The highest BCUT2D eigenvalue weighted by Gasteiger charge is 2.21. The molecule has 0 aliphatic carbocycles. The Hall–Kier alpha value is -3.39. The van der Waals surface area contributed by atoms with E-state index in [0.717, 1.165) is 18.8 Å². The number of carbonyl (C=O) groups is 1. The summed E-state index contributed by atoms with van der Waals surface area (Å²) in [4.78, 5) is 25.4. The van der Waals surface area contributed by atoms with Crippen molar-refractivity contribution >= 4 is 35.0 Å². The summed E-state index contributed by atoms with van der Waals surface area (Å²) in [6.45, 7) is 3.05. The molecule has 0 atom stereocenters. The summed E-state index contributed by atoms with van der Waals surface area (Å²) in [5.74, 6) is -0.250. The van der Waals surface area contributed by atoms with E-state index in [9.17, 15) is 9.18 Å². The number of anilines is 3. The summed E-state index contributed by atoms with van der Waals surface area (Å²) < 4.78 is 13.7. The van der Waals surface area contributed by atoms with Gasteiger partial charge >= 0.3 is 0 Å². The van der Waals surface area contributed by atoms with E-state index >= 15 is 0 Å². The summed E-state index contributed by atoms with van der Waals surface area (Å²) in [7, 11) is 0. The summed E-state index contributed by atoms with van der Waals surface area (Å²) >= 11 is 6.09. The maximum Gasteiger partial charge on any atom is 0.256 e. The van der Waals surface area contributed by atoms with Crippen molar-refractivity contribution < 1.29 is 9.18 Å². The number of benzene rings is 2. The quantitative estimate of drug-likeness (QED) is 0.634. The molecule has 3 aromatic rings. The van der Waals surface area contributed by atoms with Crippen LogP contribution in [-0.4, -0.2) is 42.1 Å². The van der Waals surface area contributed by atoms with Crippen LogP contribution < -0.4 is 20.9 Å². The lowest BCUT2D eigenvalue weighted by Crippen LogP contribution is -2.47. The molecule has 2 aromatic carbocycles. The molecule has 1 aromatic heterocycles. The first kappa shape index (κ1) is 20.9. The van der Waals surface area contributed by atoms with E-state index in [1.165, 1.54) is 12.3 Å². The van der Waals surface area contributed by atoms with Crippen LogP contribution >= 0.6 is 11.6 Å². The number of nitrogens with one attached hydrogen (secondary N) is 1. The van der Waals surface area contributed by atoms with Gasteiger partial charge in [-0.3, -0.25) is 4.79 Å². The summed E-state index contributed by atoms with van der Waals surface area (Å²) in [6.07, 6.45) is 1.41. The standard InChI is InChI=1S/C22H22ClFN6O/c23-16-5-3-6-17(12-16)29-8-10-30(11-9-29)22-27-14-18(20(25)28-22)21(31)26-13-15-4-1-2-7-19(15)24/h1-7,12,14H,8-11,13H2,(H,26,31)(H2,25,27,28). The molecule has 1 aliphatic rings. The van der Waals surface area contributed by atoms with Crippen LogP contribution in [0.1, 0.15) is 15.9 Å². The van der Waals surface area contributed by atoms with E-state index in [1.807, 2.05) is 29.2 Å². The highest BCUT2D eigenvalue weighted by atomic mass is 35.5. The molecule has 1 amide bonds. The van der Waals surface area contributed by atoms with Crippen molar-refractivity contribution in [2.24, 2.45) is 0 Å². The fourth-order valence-electron chi connectivity index (χ4n) is 3.46. The maximum absolute atomic E-state index is 13.7. The van der Waals surface area contributed by atoms with Crippen molar-refractivity contribution in [3.05, 3.63) is 76.7 Å². The van der Waals surface area contributed by atoms with E-state index in [4.69, 9.17) is 17.3 Å². The molecule has 2 heterocycles. The van der Waals surface area contributed by atoms with Crippen LogP contribution in [0.4, 0.5) is 21.8 Å². The van der Waals surface area contributed by atoms with E-state index in [0.29, 0.717) is 29.6 Å². The fraction of sp³-hybridized carbons (Fsp3) is 0.227. The fourth-order valence-corrected chi connectivity index (χ4v) is 3.65. The SMILES string of the molecule is Nc1nc(N2CCN(c3cccc(Cl)c3)CC2)ncc1C(=O)NCc1ccccc1F. The zero-order valence-corrected chi connectivity index (χ0v) is 17.5. The monoisotopic (exact) mass is 440 g/mol. The van der Waals surface area contributed by atoms with Gasteiger partial charge in [0.2, 0.25) is 5.95 Å². The molecule has 7 nitrogen and oxygen atoms in total. The Morgan fingerprint density at radius 2 is 1.84 bits per heavy atom. The highest BCUT2D eigenvalue weighted by molar-refractivity contribution is 6.30. The van der Waals surface area contributed by atoms with Gasteiger partial charge in [-0.05, 0) is 24.3 Å². The minimum atomic E-state index is -0.446. The lowest BCUT2D eigenvalue weighted by Gasteiger charge is -2.36. The van der Waals surface area contributed by atoms with Gasteiger partial charge in [-0.2, -0.15) is 4.98 Å². The molecule has 1 saturated heterocycles. The van der Waals surface area contributed by atoms with Crippen molar-refractivity contribution in [3.63, 3.8) is 0 Å². The first-order valence-corrected chi connectivity index (χ1v) is 10.3. The first-order valence-electron chi connectivity index (χ1n) is 9.91. The van der Waals surface area contributed by atoms with Crippen molar-refractivity contribution in [2.75, 3.05) is 41.7 Å². The number of carbonyl (C=O) groups excluding carboxylic acids is 1. The molecule has 4 rings (SSSR count). The number of rotatable bonds is 5. The minimum absolute atomic E-state index is 0.0537. The molecule has 0 unspecified atom stereocenters. The summed E-state index contributed by atoms with van der Waals surface area (Å²) in [6, 6.07) is 14.0. The maximum atomic E-state index is 13.7. The van der Waals surface area contributed by atoms with Crippen LogP contribution in [0.5, 0.6) is 0 Å². The third-order valence-electron chi connectivity index (χ3n) is 5.18. The average Bonchev–Trinajstić information content (AvgIpc) is 2.78. The molecule has 1 fully saturated rings. The zero-order valence-electron chi connectivity index (χ0n) is 16.8. The summed E-state index contributed by atoms with van der Waals surface area (Å²) in [5.41, 5.74) is 7.66. The molecule has 9 heteroatoms. The second-order valence-corrected chi connectivity index (χ2v) is 7.63. The smallest absolute Gasteiger partial charge is 0.256 e. The third kappa shape index (κ3) is 4.86. The van der Waals surface area contributed by atoms with E-state index in [2.05, 4.69) is 20.2 Å². The van der Waals surface area contributed by atoms with Gasteiger partial charge < -0.3 is 20.9 Å². The molecule has 0 saturated carbocycles. The predicted molar refractivity (Wildman–Crippen MR) is 120 cm³/mol. The average molecular weight is 441 g/mol. The lowest BCUT2D eigenvalue weighted by atomic mass is 10.2. The van der Waals surface area contributed by atoms with Crippen molar-refractivity contribution in [3.8, 4) is 0 Å². The van der Waals surface area contributed by atoms with Gasteiger partial charge in [0.1, 0.15) is 11.6 Å². The van der Waals surface area contributed by atoms with Gasteiger partial charge in [0.15, 0.2) is 0 Å². The van der Waals surface area contributed by atoms with Crippen LogP contribution in [0.15, 0.2) is 54.7 Å². The zero-order chi connectivity index (χ0) is 21.8. The van der Waals surface area contributed by atoms with Crippen LogP contribution in [-0.2, 0) is 6.54 Å². The first-order chi connectivity index (χ1) is 15.0. The van der Waals surface area contributed by atoms with E-state index in [-0.39, 0.29) is 23.7 Å². The van der Waals surface area contributed by atoms with E-state index in [1.54, 1.807) is 18.2 Å². The van der Waals surface area contributed by atoms with Crippen LogP contribution in [0, 0.1) is 5.82 Å². The molecule has 0 spiro atoms. The number of nitrogens with zero attached hydrogens (tertiary/aromatic N) is 4. The Balaban J connectivity index is 1.37. The largest absolute Gasteiger partial charge is 0.383 e. The number of hydrogen-bond acceptors (Lipinski definition) is 6. The van der Waals surface area contributed by atoms with Gasteiger partial charge in [0.05, 0.1) is 5.56 Å². The Bertz CT molecular complexity index is 1090. The number of nitrogens with two attached hydrogens (primary N) is 1. The molecule has 1 aliphatic heterocycles. The minimum Gasteiger partial charge on any atom is -0.383 e. The third-order valence-corrected chi connectivity index (χ3v) is 5.42. The molecular weight excluding hydrogens is 419 g/mol. The Labute approximate surface area is 184 Å². The van der Waals surface area contributed by atoms with E-state index < -0.39 is 5.91 Å². The molecule has 160 valence electrons. The van der Waals surface area contributed by atoms with Crippen molar-refractivity contribution in [1.29, 1.82) is 0 Å². The predicted octanol–water partition coefficient (Wildman–Crippen LogP) is 3.11. The van der Waals surface area contributed by atoms with Gasteiger partial charge in [-0.15, -0.1) is 0 Å². The molecule has 3 N–H and O–H groups in total.